The summed E-state index contributed by atoms with van der Waals surface area (Å²) in [4.78, 5) is 7.59. The van der Waals surface area contributed by atoms with Gasteiger partial charge in [-0.05, 0) is 12.3 Å². The third kappa shape index (κ3) is 6.24. The van der Waals surface area contributed by atoms with Crippen molar-refractivity contribution in [2.24, 2.45) is 15.7 Å². The quantitative estimate of drug-likeness (QED) is 0.601. The van der Waals surface area contributed by atoms with Crippen LogP contribution in [-0.2, 0) is 0 Å². The minimum atomic E-state index is 0.558. The van der Waals surface area contributed by atoms with Crippen LogP contribution in [0.2, 0.25) is 0 Å². The molecule has 3 heteroatoms. The highest BCUT2D eigenvalue weighted by Gasteiger charge is 1.76. The van der Waals surface area contributed by atoms with Crippen molar-refractivity contribution < 1.29 is 0 Å². The maximum Gasteiger partial charge on any atom is 0.0740 e. The predicted octanol–water partition coefficient (Wildman–Crippen LogP) is 1.26. The second-order valence-electron chi connectivity index (χ2n) is 1.62. The average molecular weight is 149 g/mol. The summed E-state index contributed by atoms with van der Waals surface area (Å²) >= 11 is 0. The van der Waals surface area contributed by atoms with Crippen LogP contribution < -0.4 is 5.73 Å². The molecule has 0 rings (SSSR count). The average Bonchev–Trinajstić information content (AvgIpc) is 2.01. The fourth-order valence-electron chi connectivity index (χ4n) is 0.361. The third-order valence-electron chi connectivity index (χ3n) is 0.767. The van der Waals surface area contributed by atoms with Gasteiger partial charge in [0.2, 0.25) is 0 Å². The molecule has 0 aromatic rings. The van der Waals surface area contributed by atoms with Gasteiger partial charge in [0, 0.05) is 12.4 Å². The van der Waals surface area contributed by atoms with Crippen LogP contribution in [0.25, 0.3) is 0 Å². The molecule has 0 aliphatic carbocycles. The monoisotopic (exact) mass is 149 g/mol. The lowest BCUT2D eigenvalue weighted by Gasteiger charge is -1.83. The molecule has 0 radical (unpaired) electrons. The van der Waals surface area contributed by atoms with Gasteiger partial charge >= 0.3 is 0 Å². The van der Waals surface area contributed by atoms with Crippen LogP contribution in [0.5, 0.6) is 0 Å². The summed E-state index contributed by atoms with van der Waals surface area (Å²) in [6.45, 7) is 7.00. The van der Waals surface area contributed by atoms with Gasteiger partial charge in [0.05, 0.1) is 11.9 Å². The number of rotatable bonds is 4. The molecule has 0 atom stereocenters. The van der Waals surface area contributed by atoms with E-state index < -0.39 is 0 Å². The summed E-state index contributed by atoms with van der Waals surface area (Å²) in [6, 6.07) is 0. The largest absolute Gasteiger partial charge is 0.405 e. The Morgan fingerprint density at radius 1 is 1.45 bits per heavy atom. The van der Waals surface area contributed by atoms with Crippen molar-refractivity contribution >= 4 is 12.4 Å². The molecule has 0 aliphatic rings. The minimum Gasteiger partial charge on any atom is -0.405 e. The Hall–Kier alpha value is -1.64. The number of allylic oxidation sites excluding steroid dienone is 2. The first-order valence-electron chi connectivity index (χ1n) is 3.05. The van der Waals surface area contributed by atoms with Gasteiger partial charge in [-0.2, -0.15) is 0 Å². The van der Waals surface area contributed by atoms with Crippen LogP contribution in [0.3, 0.4) is 0 Å². The van der Waals surface area contributed by atoms with E-state index in [0.717, 1.165) is 0 Å². The van der Waals surface area contributed by atoms with E-state index in [1.54, 1.807) is 6.08 Å². The molecule has 0 spiro atoms. The van der Waals surface area contributed by atoms with Crippen molar-refractivity contribution in [1.29, 1.82) is 0 Å². The molecule has 3 nitrogen and oxygen atoms in total. The van der Waals surface area contributed by atoms with Crippen molar-refractivity contribution in [2.75, 3.05) is 0 Å². The predicted molar refractivity (Wildman–Crippen MR) is 49.6 cm³/mol. The maximum atomic E-state index is 5.06. The van der Waals surface area contributed by atoms with E-state index in [1.165, 1.54) is 24.8 Å². The van der Waals surface area contributed by atoms with Crippen molar-refractivity contribution in [2.45, 2.75) is 0 Å². The van der Waals surface area contributed by atoms with E-state index >= 15 is 0 Å². The summed E-state index contributed by atoms with van der Waals surface area (Å²) in [5, 5.41) is 0. The molecule has 2 N–H and O–H groups in total. The normalized spacial score (nSPS) is 11.6. The molecule has 11 heavy (non-hydrogen) atoms. The molecule has 0 saturated carbocycles. The summed E-state index contributed by atoms with van der Waals surface area (Å²) in [5.74, 6) is 0. The molecule has 0 fully saturated rings. The first kappa shape index (κ1) is 9.36. The molecule has 0 aromatic heterocycles. The first-order valence-corrected chi connectivity index (χ1v) is 3.05. The fourth-order valence-corrected chi connectivity index (χ4v) is 0.361. The topological polar surface area (TPSA) is 50.7 Å². The van der Waals surface area contributed by atoms with Crippen LogP contribution in [0.4, 0.5) is 0 Å². The molecular weight excluding hydrogens is 138 g/mol. The van der Waals surface area contributed by atoms with E-state index in [0.29, 0.717) is 5.70 Å². The minimum absolute atomic E-state index is 0.558. The molecular formula is C8H11N3. The Bertz CT molecular complexity index is 211. The molecule has 0 heterocycles. The highest BCUT2D eigenvalue weighted by molar-refractivity contribution is 5.82. The lowest BCUT2D eigenvalue weighted by molar-refractivity contribution is 1.49. The molecule has 0 aliphatic heterocycles. The van der Waals surface area contributed by atoms with Crippen LogP contribution in [0.1, 0.15) is 0 Å². The number of nitrogens with two attached hydrogens (primary N) is 1. The third-order valence-corrected chi connectivity index (χ3v) is 0.767. The molecule has 58 valence electrons. The van der Waals surface area contributed by atoms with Gasteiger partial charge in [-0.15, -0.1) is 0 Å². The smallest absolute Gasteiger partial charge is 0.0740 e. The molecule has 0 amide bonds. The molecule has 0 saturated heterocycles. The number of nitrogens with zero attached hydrogens (tertiary/aromatic N) is 2. The zero-order valence-electron chi connectivity index (χ0n) is 6.27. The highest BCUT2D eigenvalue weighted by atomic mass is 14.8. The highest BCUT2D eigenvalue weighted by Crippen LogP contribution is 1.85. The first-order chi connectivity index (χ1) is 5.31. The van der Waals surface area contributed by atoms with Crippen molar-refractivity contribution in [3.05, 3.63) is 37.3 Å². The van der Waals surface area contributed by atoms with Gasteiger partial charge in [0.25, 0.3) is 0 Å². The van der Waals surface area contributed by atoms with Gasteiger partial charge in [-0.3, -0.25) is 9.98 Å². The second-order valence-corrected chi connectivity index (χ2v) is 1.62. The van der Waals surface area contributed by atoms with Gasteiger partial charge < -0.3 is 5.73 Å². The van der Waals surface area contributed by atoms with Crippen LogP contribution in [0.15, 0.2) is 47.3 Å². The van der Waals surface area contributed by atoms with Gasteiger partial charge in [0.1, 0.15) is 0 Å². The van der Waals surface area contributed by atoms with Gasteiger partial charge in [-0.1, -0.05) is 13.2 Å². The zero-order chi connectivity index (χ0) is 8.53. The van der Waals surface area contributed by atoms with Crippen molar-refractivity contribution in [1.82, 2.24) is 0 Å². The second kappa shape index (κ2) is 6.48. The molecule has 0 bridgehead atoms. The summed E-state index contributed by atoms with van der Waals surface area (Å²) in [7, 11) is 0. The van der Waals surface area contributed by atoms with E-state index in [-0.39, 0.29) is 0 Å². The summed E-state index contributed by atoms with van der Waals surface area (Å²) in [6.07, 6.45) is 7.46. The van der Waals surface area contributed by atoms with Crippen molar-refractivity contribution in [3.8, 4) is 0 Å². The van der Waals surface area contributed by atoms with Gasteiger partial charge in [0.15, 0.2) is 0 Å². The van der Waals surface area contributed by atoms with E-state index in [1.807, 2.05) is 0 Å². The number of aliphatic imine (C=N–C) groups is 2. The summed E-state index contributed by atoms with van der Waals surface area (Å²) in [5.41, 5.74) is 5.62. The fraction of sp³-hybridized carbons (Fsp3) is 0. The SMILES string of the molecule is C=CN=CC(=C)N=C/C=C\N. The number of hydrogen-bond donors (Lipinski definition) is 1. The molecule has 0 unspecified atom stereocenters. The number of hydrogen-bond acceptors (Lipinski definition) is 3. The Balaban J connectivity index is 3.86. The Labute approximate surface area is 66.4 Å². The maximum absolute atomic E-state index is 5.06. The van der Waals surface area contributed by atoms with Gasteiger partial charge in [-0.25, -0.2) is 0 Å². The zero-order valence-corrected chi connectivity index (χ0v) is 6.27. The van der Waals surface area contributed by atoms with Crippen LogP contribution >= 0.6 is 0 Å². The van der Waals surface area contributed by atoms with Crippen LogP contribution in [0, 0.1) is 0 Å². The Morgan fingerprint density at radius 3 is 2.73 bits per heavy atom. The summed E-state index contributed by atoms with van der Waals surface area (Å²) < 4.78 is 0. The lowest BCUT2D eigenvalue weighted by atomic mass is 10.5. The molecule has 0 aromatic carbocycles. The van der Waals surface area contributed by atoms with E-state index in [4.69, 9.17) is 5.73 Å². The standard InChI is InChI=1S/C8H11N3/c1-3-10-7-8(2)11-6-4-5-9/h3-7H,1-2,9H2/b5-4-,10-7?,11-6?. The Kier molecular flexibility index (Phi) is 5.51. The Morgan fingerprint density at radius 2 is 2.18 bits per heavy atom. The van der Waals surface area contributed by atoms with Crippen molar-refractivity contribution in [3.63, 3.8) is 0 Å². The van der Waals surface area contributed by atoms with E-state index in [2.05, 4.69) is 23.1 Å². The van der Waals surface area contributed by atoms with E-state index in [9.17, 15) is 0 Å². The van der Waals surface area contributed by atoms with Crippen LogP contribution in [-0.4, -0.2) is 12.4 Å². The lowest BCUT2D eigenvalue weighted by Crippen LogP contribution is -1.79.